The van der Waals surface area contributed by atoms with Crippen molar-refractivity contribution in [3.63, 3.8) is 0 Å². The molecule has 2 amide bonds. The van der Waals surface area contributed by atoms with E-state index in [0.717, 1.165) is 28.9 Å². The molecule has 1 atom stereocenters. The SMILES string of the molecule is CCCC(=O)N(Cc1ccc(OC)cc1)[C@@H](Cc1ccccc1)C(=O)NCc1ccc(C)cc1. The minimum absolute atomic E-state index is 0.0234. The van der Waals surface area contributed by atoms with Gasteiger partial charge in [-0.05, 0) is 42.2 Å². The quantitative estimate of drug-likeness (QED) is 0.437. The molecule has 0 aliphatic heterocycles. The lowest BCUT2D eigenvalue weighted by atomic mass is 10.0. The Morgan fingerprint density at radius 2 is 1.53 bits per heavy atom. The van der Waals surface area contributed by atoms with E-state index >= 15 is 0 Å². The second-order valence-electron chi connectivity index (χ2n) is 8.53. The van der Waals surface area contributed by atoms with Crippen molar-refractivity contribution < 1.29 is 14.3 Å². The number of hydrogen-bond donors (Lipinski definition) is 1. The minimum Gasteiger partial charge on any atom is -0.497 e. The first kappa shape index (κ1) is 25.0. The predicted molar refractivity (Wildman–Crippen MR) is 135 cm³/mol. The standard InChI is InChI=1S/C29H34N2O3/c1-4-8-28(32)31(21-25-15-17-26(34-3)18-16-25)27(19-23-9-6-5-7-10-23)29(33)30-20-24-13-11-22(2)12-14-24/h5-7,9-18,27H,4,8,19-21H2,1-3H3,(H,30,33)/t27-/m0/s1. The largest absolute Gasteiger partial charge is 0.497 e. The van der Waals surface area contributed by atoms with Crippen LogP contribution in [0.25, 0.3) is 0 Å². The summed E-state index contributed by atoms with van der Waals surface area (Å²) in [6.07, 6.45) is 1.57. The lowest BCUT2D eigenvalue weighted by Crippen LogP contribution is -2.50. The van der Waals surface area contributed by atoms with E-state index in [1.54, 1.807) is 12.0 Å². The van der Waals surface area contributed by atoms with Crippen LogP contribution in [0, 0.1) is 6.92 Å². The van der Waals surface area contributed by atoms with Crippen molar-refractivity contribution in [3.8, 4) is 5.75 Å². The van der Waals surface area contributed by atoms with Crippen molar-refractivity contribution in [2.24, 2.45) is 0 Å². The van der Waals surface area contributed by atoms with Crippen molar-refractivity contribution in [2.45, 2.75) is 52.2 Å². The zero-order valence-electron chi connectivity index (χ0n) is 20.3. The number of nitrogens with zero attached hydrogens (tertiary/aromatic N) is 1. The van der Waals surface area contributed by atoms with Crippen molar-refractivity contribution >= 4 is 11.8 Å². The summed E-state index contributed by atoms with van der Waals surface area (Å²) in [7, 11) is 1.63. The summed E-state index contributed by atoms with van der Waals surface area (Å²) in [5.74, 6) is 0.582. The van der Waals surface area contributed by atoms with Crippen LogP contribution in [-0.2, 0) is 29.1 Å². The molecule has 0 unspecified atom stereocenters. The zero-order chi connectivity index (χ0) is 24.3. The Bertz CT molecular complexity index is 1050. The minimum atomic E-state index is -0.617. The van der Waals surface area contributed by atoms with E-state index in [0.29, 0.717) is 25.9 Å². The lowest BCUT2D eigenvalue weighted by Gasteiger charge is -2.31. The maximum Gasteiger partial charge on any atom is 0.243 e. The van der Waals surface area contributed by atoms with Gasteiger partial charge in [0.15, 0.2) is 0 Å². The molecular weight excluding hydrogens is 424 g/mol. The van der Waals surface area contributed by atoms with Crippen LogP contribution in [0.1, 0.15) is 42.0 Å². The van der Waals surface area contributed by atoms with Crippen molar-refractivity contribution in [2.75, 3.05) is 7.11 Å². The third kappa shape index (κ3) is 7.20. The van der Waals surface area contributed by atoms with Gasteiger partial charge in [-0.25, -0.2) is 0 Å². The molecule has 0 aliphatic carbocycles. The van der Waals surface area contributed by atoms with E-state index in [1.807, 2.05) is 92.7 Å². The third-order valence-corrected chi connectivity index (χ3v) is 5.83. The van der Waals surface area contributed by atoms with Gasteiger partial charge >= 0.3 is 0 Å². The van der Waals surface area contributed by atoms with E-state index in [9.17, 15) is 9.59 Å². The second-order valence-corrected chi connectivity index (χ2v) is 8.53. The average Bonchev–Trinajstić information content (AvgIpc) is 2.86. The molecule has 0 bridgehead atoms. The number of amides is 2. The average molecular weight is 459 g/mol. The molecular formula is C29H34N2O3. The first-order chi connectivity index (χ1) is 16.5. The van der Waals surface area contributed by atoms with Gasteiger partial charge in [0.1, 0.15) is 11.8 Å². The third-order valence-electron chi connectivity index (χ3n) is 5.83. The summed E-state index contributed by atoms with van der Waals surface area (Å²) < 4.78 is 5.26. The molecule has 0 radical (unpaired) electrons. The predicted octanol–water partition coefficient (Wildman–Crippen LogP) is 5.06. The normalized spacial score (nSPS) is 11.5. The van der Waals surface area contributed by atoms with Crippen LogP contribution in [0.2, 0.25) is 0 Å². The number of aryl methyl sites for hydroxylation is 1. The van der Waals surface area contributed by atoms with E-state index in [-0.39, 0.29) is 11.8 Å². The monoisotopic (exact) mass is 458 g/mol. The van der Waals surface area contributed by atoms with Crippen LogP contribution >= 0.6 is 0 Å². The number of carbonyl (C=O) groups excluding carboxylic acids is 2. The molecule has 0 saturated carbocycles. The highest BCUT2D eigenvalue weighted by molar-refractivity contribution is 5.88. The maximum atomic E-state index is 13.5. The van der Waals surface area contributed by atoms with E-state index < -0.39 is 6.04 Å². The maximum absolute atomic E-state index is 13.5. The van der Waals surface area contributed by atoms with Crippen LogP contribution in [-0.4, -0.2) is 29.9 Å². The summed E-state index contributed by atoms with van der Waals surface area (Å²) in [4.78, 5) is 28.5. The van der Waals surface area contributed by atoms with Gasteiger partial charge in [-0.3, -0.25) is 9.59 Å². The zero-order valence-corrected chi connectivity index (χ0v) is 20.3. The number of benzene rings is 3. The Labute approximate surface area is 202 Å². The molecule has 0 fully saturated rings. The van der Waals surface area contributed by atoms with Gasteiger partial charge in [0.2, 0.25) is 11.8 Å². The molecule has 0 saturated heterocycles. The van der Waals surface area contributed by atoms with Crippen LogP contribution in [0.3, 0.4) is 0 Å². The van der Waals surface area contributed by atoms with E-state index in [2.05, 4.69) is 5.32 Å². The highest BCUT2D eigenvalue weighted by Gasteiger charge is 2.29. The van der Waals surface area contributed by atoms with Gasteiger partial charge in [0, 0.05) is 25.9 Å². The second kappa shape index (κ2) is 12.6. The summed E-state index contributed by atoms with van der Waals surface area (Å²) in [5.41, 5.74) is 4.17. The molecule has 0 aromatic heterocycles. The Morgan fingerprint density at radius 3 is 2.15 bits per heavy atom. The number of rotatable bonds is 11. The molecule has 1 N–H and O–H groups in total. The highest BCUT2D eigenvalue weighted by Crippen LogP contribution is 2.18. The van der Waals surface area contributed by atoms with Crippen LogP contribution in [0.15, 0.2) is 78.9 Å². The van der Waals surface area contributed by atoms with Crippen LogP contribution < -0.4 is 10.1 Å². The van der Waals surface area contributed by atoms with Gasteiger partial charge in [0.05, 0.1) is 7.11 Å². The number of nitrogens with one attached hydrogen (secondary N) is 1. The number of ether oxygens (including phenoxy) is 1. The number of hydrogen-bond acceptors (Lipinski definition) is 3. The molecule has 3 aromatic rings. The molecule has 3 aromatic carbocycles. The number of carbonyl (C=O) groups is 2. The summed E-state index contributed by atoms with van der Waals surface area (Å²) in [6.45, 7) is 4.79. The highest BCUT2D eigenvalue weighted by atomic mass is 16.5. The molecule has 5 nitrogen and oxygen atoms in total. The Kier molecular flexibility index (Phi) is 9.27. The van der Waals surface area contributed by atoms with Crippen molar-refractivity contribution in [1.29, 1.82) is 0 Å². The van der Waals surface area contributed by atoms with Gasteiger partial charge in [0.25, 0.3) is 0 Å². The first-order valence-electron chi connectivity index (χ1n) is 11.8. The Morgan fingerprint density at radius 1 is 0.882 bits per heavy atom. The van der Waals surface area contributed by atoms with Gasteiger partial charge < -0.3 is 15.0 Å². The molecule has 34 heavy (non-hydrogen) atoms. The Balaban J connectivity index is 1.86. The van der Waals surface area contributed by atoms with Gasteiger partial charge in [-0.1, -0.05) is 79.2 Å². The lowest BCUT2D eigenvalue weighted by molar-refractivity contribution is -0.141. The Hall–Kier alpha value is -3.60. The molecule has 5 heteroatoms. The topological polar surface area (TPSA) is 58.6 Å². The van der Waals surface area contributed by atoms with Crippen molar-refractivity contribution in [1.82, 2.24) is 10.2 Å². The fourth-order valence-corrected chi connectivity index (χ4v) is 3.85. The molecule has 178 valence electrons. The smallest absolute Gasteiger partial charge is 0.243 e. The summed E-state index contributed by atoms with van der Waals surface area (Å²) in [6, 6.07) is 25.0. The van der Waals surface area contributed by atoms with Gasteiger partial charge in [-0.2, -0.15) is 0 Å². The van der Waals surface area contributed by atoms with Crippen LogP contribution in [0.4, 0.5) is 0 Å². The van der Waals surface area contributed by atoms with Crippen LogP contribution in [0.5, 0.6) is 5.75 Å². The van der Waals surface area contributed by atoms with Gasteiger partial charge in [-0.15, -0.1) is 0 Å². The molecule has 3 rings (SSSR count). The molecule has 0 heterocycles. The summed E-state index contributed by atoms with van der Waals surface area (Å²) >= 11 is 0. The first-order valence-corrected chi connectivity index (χ1v) is 11.8. The fourth-order valence-electron chi connectivity index (χ4n) is 3.85. The number of methoxy groups -OCH3 is 1. The van der Waals surface area contributed by atoms with E-state index in [4.69, 9.17) is 4.74 Å². The van der Waals surface area contributed by atoms with E-state index in [1.165, 1.54) is 5.56 Å². The fraction of sp³-hybridized carbons (Fsp3) is 0.310. The molecule has 0 spiro atoms. The summed E-state index contributed by atoms with van der Waals surface area (Å²) in [5, 5.41) is 3.07. The van der Waals surface area contributed by atoms with Crippen molar-refractivity contribution in [3.05, 3.63) is 101 Å². The molecule has 0 aliphatic rings.